The lowest BCUT2D eigenvalue weighted by molar-refractivity contribution is -0.123. The van der Waals surface area contributed by atoms with Crippen LogP contribution >= 0.6 is 0 Å². The summed E-state index contributed by atoms with van der Waals surface area (Å²) in [5, 5.41) is 3.26. The number of rotatable bonds is 4. The molecule has 0 bridgehead atoms. The van der Waals surface area contributed by atoms with E-state index in [4.69, 9.17) is 0 Å². The fourth-order valence-electron chi connectivity index (χ4n) is 5.63. The van der Waals surface area contributed by atoms with Crippen molar-refractivity contribution in [1.29, 1.82) is 0 Å². The van der Waals surface area contributed by atoms with Crippen molar-refractivity contribution in [2.45, 2.75) is 58.5 Å². The molecule has 0 radical (unpaired) electrons. The molecule has 3 aliphatic rings. The van der Waals surface area contributed by atoms with Crippen LogP contribution in [0, 0.1) is 18.2 Å². The SMILES string of the molecule is Cc1cc(N2CCC3(CC2)CN(c2ccc(CN4CCC(C)(C)CC4)c(F)c2)CC(=O)N3)ncn1. The van der Waals surface area contributed by atoms with Crippen LogP contribution in [0.3, 0.4) is 0 Å². The van der Waals surface area contributed by atoms with Gasteiger partial charge in [0, 0.05) is 49.2 Å². The van der Waals surface area contributed by atoms with Gasteiger partial charge in [-0.05, 0) is 63.2 Å². The third-order valence-corrected chi connectivity index (χ3v) is 8.07. The number of aryl methyl sites for hydroxylation is 1. The minimum absolute atomic E-state index is 0.00277. The largest absolute Gasteiger partial charge is 0.360 e. The number of likely N-dealkylation sites (tertiary alicyclic amines) is 1. The van der Waals surface area contributed by atoms with E-state index in [1.165, 1.54) is 0 Å². The maximum atomic E-state index is 15.1. The third-order valence-electron chi connectivity index (χ3n) is 8.07. The van der Waals surface area contributed by atoms with Crippen LogP contribution in [0.15, 0.2) is 30.6 Å². The Morgan fingerprint density at radius 2 is 1.74 bits per heavy atom. The first-order valence-corrected chi connectivity index (χ1v) is 12.8. The van der Waals surface area contributed by atoms with Gasteiger partial charge in [-0.15, -0.1) is 0 Å². The van der Waals surface area contributed by atoms with E-state index in [0.717, 1.165) is 74.6 Å². The zero-order valence-corrected chi connectivity index (χ0v) is 21.2. The molecule has 1 spiro atoms. The van der Waals surface area contributed by atoms with Crippen molar-refractivity contribution in [2.75, 3.05) is 49.1 Å². The Morgan fingerprint density at radius 3 is 2.43 bits per heavy atom. The zero-order chi connectivity index (χ0) is 24.6. The van der Waals surface area contributed by atoms with Gasteiger partial charge in [0.25, 0.3) is 0 Å². The van der Waals surface area contributed by atoms with Crippen molar-refractivity contribution in [3.8, 4) is 0 Å². The standard InChI is InChI=1S/C27H37FN6O/c1-20-14-24(30-19-29-20)33-12-8-27(9-13-33)18-34(17-25(35)31-27)22-5-4-21(23(28)15-22)16-32-10-6-26(2,3)7-11-32/h4-5,14-15,19H,6-13,16-18H2,1-3H3,(H,31,35). The molecule has 1 amide bonds. The van der Waals surface area contributed by atoms with Crippen molar-refractivity contribution >= 4 is 17.4 Å². The number of nitrogens with one attached hydrogen (secondary N) is 1. The zero-order valence-electron chi connectivity index (χ0n) is 21.2. The molecule has 0 unspecified atom stereocenters. The predicted octanol–water partition coefficient (Wildman–Crippen LogP) is 3.52. The molecule has 1 N–H and O–H groups in total. The van der Waals surface area contributed by atoms with E-state index >= 15 is 4.39 Å². The fraction of sp³-hybridized carbons (Fsp3) is 0.593. The Morgan fingerprint density at radius 1 is 1.00 bits per heavy atom. The summed E-state index contributed by atoms with van der Waals surface area (Å²) in [7, 11) is 0. The summed E-state index contributed by atoms with van der Waals surface area (Å²) in [5.74, 6) is 0.755. The lowest BCUT2D eigenvalue weighted by atomic mass is 9.82. The minimum Gasteiger partial charge on any atom is -0.360 e. The molecule has 0 aliphatic carbocycles. The number of piperazine rings is 1. The first-order valence-electron chi connectivity index (χ1n) is 12.8. The van der Waals surface area contributed by atoms with Crippen LogP contribution in [0.4, 0.5) is 15.9 Å². The summed E-state index contributed by atoms with van der Waals surface area (Å²) in [6.45, 7) is 11.8. The van der Waals surface area contributed by atoms with Crippen LogP contribution in [0.1, 0.15) is 50.8 Å². The van der Waals surface area contributed by atoms with E-state index < -0.39 is 0 Å². The summed E-state index contributed by atoms with van der Waals surface area (Å²) in [6, 6.07) is 7.51. The minimum atomic E-state index is -0.302. The van der Waals surface area contributed by atoms with E-state index in [-0.39, 0.29) is 23.8 Å². The van der Waals surface area contributed by atoms with Gasteiger partial charge < -0.3 is 15.1 Å². The van der Waals surface area contributed by atoms with Crippen LogP contribution < -0.4 is 15.1 Å². The molecule has 1 aromatic heterocycles. The number of aromatic nitrogens is 2. The maximum absolute atomic E-state index is 15.1. The molecular formula is C27H37FN6O. The average Bonchev–Trinajstić information content (AvgIpc) is 2.81. The van der Waals surface area contributed by atoms with Crippen LogP contribution in [-0.4, -0.2) is 65.6 Å². The van der Waals surface area contributed by atoms with Gasteiger partial charge in [0.15, 0.2) is 0 Å². The molecule has 0 saturated carbocycles. The third kappa shape index (κ3) is 5.42. The molecule has 1 aromatic carbocycles. The van der Waals surface area contributed by atoms with Gasteiger partial charge in [0.2, 0.25) is 5.91 Å². The topological polar surface area (TPSA) is 64.6 Å². The Bertz CT molecular complexity index is 1070. The highest BCUT2D eigenvalue weighted by atomic mass is 19.1. The normalized spacial score (nSPS) is 22.3. The van der Waals surface area contributed by atoms with E-state index in [2.05, 4.69) is 38.9 Å². The first-order chi connectivity index (χ1) is 16.7. The van der Waals surface area contributed by atoms with Gasteiger partial charge in [-0.2, -0.15) is 0 Å². The molecular weight excluding hydrogens is 443 g/mol. The highest BCUT2D eigenvalue weighted by molar-refractivity contribution is 5.84. The van der Waals surface area contributed by atoms with Crippen molar-refractivity contribution in [3.63, 3.8) is 0 Å². The second-order valence-corrected chi connectivity index (χ2v) is 11.4. The smallest absolute Gasteiger partial charge is 0.240 e. The molecule has 8 heteroatoms. The predicted molar refractivity (Wildman–Crippen MR) is 136 cm³/mol. The number of carbonyl (C=O) groups excluding carboxylic acids is 1. The monoisotopic (exact) mass is 480 g/mol. The van der Waals surface area contributed by atoms with Crippen molar-refractivity contribution in [3.05, 3.63) is 47.7 Å². The van der Waals surface area contributed by atoms with Crippen LogP contribution in [0.25, 0.3) is 0 Å². The number of halogens is 1. The Hall–Kier alpha value is -2.74. The average molecular weight is 481 g/mol. The molecule has 3 saturated heterocycles. The number of nitrogens with zero attached hydrogens (tertiary/aromatic N) is 5. The Labute approximate surface area is 207 Å². The van der Waals surface area contributed by atoms with E-state index in [0.29, 0.717) is 18.5 Å². The summed E-state index contributed by atoms with van der Waals surface area (Å²) in [5.41, 5.74) is 2.55. The number of anilines is 2. The fourth-order valence-corrected chi connectivity index (χ4v) is 5.63. The van der Waals surface area contributed by atoms with Crippen molar-refractivity contribution < 1.29 is 9.18 Å². The van der Waals surface area contributed by atoms with E-state index in [9.17, 15) is 4.79 Å². The van der Waals surface area contributed by atoms with Gasteiger partial charge in [-0.3, -0.25) is 9.69 Å². The van der Waals surface area contributed by atoms with Gasteiger partial charge in [-0.25, -0.2) is 14.4 Å². The molecule has 188 valence electrons. The van der Waals surface area contributed by atoms with Crippen LogP contribution in [-0.2, 0) is 11.3 Å². The molecule has 3 fully saturated rings. The maximum Gasteiger partial charge on any atom is 0.240 e. The number of amides is 1. The lowest BCUT2D eigenvalue weighted by Gasteiger charge is -2.48. The second kappa shape index (κ2) is 9.37. The quantitative estimate of drug-likeness (QED) is 0.723. The molecule has 7 nitrogen and oxygen atoms in total. The van der Waals surface area contributed by atoms with Crippen LogP contribution in [0.2, 0.25) is 0 Å². The van der Waals surface area contributed by atoms with Gasteiger partial charge >= 0.3 is 0 Å². The molecule has 4 heterocycles. The van der Waals surface area contributed by atoms with E-state index in [1.54, 1.807) is 12.4 Å². The number of hydrogen-bond donors (Lipinski definition) is 1. The number of carbonyl (C=O) groups is 1. The van der Waals surface area contributed by atoms with Gasteiger partial charge in [-0.1, -0.05) is 19.9 Å². The summed E-state index contributed by atoms with van der Waals surface area (Å²) in [4.78, 5) is 27.9. The first kappa shape index (κ1) is 24.0. The highest BCUT2D eigenvalue weighted by Crippen LogP contribution is 2.33. The van der Waals surface area contributed by atoms with E-state index in [1.807, 2.05) is 30.0 Å². The number of hydrogen-bond acceptors (Lipinski definition) is 6. The van der Waals surface area contributed by atoms with Crippen LogP contribution in [0.5, 0.6) is 0 Å². The lowest BCUT2D eigenvalue weighted by Crippen LogP contribution is -2.66. The van der Waals surface area contributed by atoms with Crippen molar-refractivity contribution in [2.24, 2.45) is 5.41 Å². The molecule has 5 rings (SSSR count). The Kier molecular flexibility index (Phi) is 6.42. The summed E-state index contributed by atoms with van der Waals surface area (Å²) >= 11 is 0. The Balaban J connectivity index is 1.24. The molecule has 0 atom stereocenters. The number of piperidine rings is 2. The highest BCUT2D eigenvalue weighted by Gasteiger charge is 2.41. The van der Waals surface area contributed by atoms with Gasteiger partial charge in [0.1, 0.15) is 18.0 Å². The van der Waals surface area contributed by atoms with Crippen molar-refractivity contribution in [1.82, 2.24) is 20.2 Å². The molecule has 35 heavy (non-hydrogen) atoms. The molecule has 3 aliphatic heterocycles. The molecule has 2 aromatic rings. The summed E-state index contributed by atoms with van der Waals surface area (Å²) < 4.78 is 15.1. The second-order valence-electron chi connectivity index (χ2n) is 11.4. The summed E-state index contributed by atoms with van der Waals surface area (Å²) in [6.07, 6.45) is 5.54. The van der Waals surface area contributed by atoms with Gasteiger partial charge in [0.05, 0.1) is 12.1 Å². The number of benzene rings is 1.